The van der Waals surface area contributed by atoms with Crippen LogP contribution in [0.1, 0.15) is 42.1 Å². The van der Waals surface area contributed by atoms with Crippen molar-refractivity contribution < 1.29 is 4.79 Å². The van der Waals surface area contributed by atoms with Crippen molar-refractivity contribution in [3.05, 3.63) is 65.5 Å². The molecule has 1 aliphatic carbocycles. The van der Waals surface area contributed by atoms with Crippen molar-refractivity contribution in [2.45, 2.75) is 44.2 Å². The second-order valence-electron chi connectivity index (χ2n) is 7.80. The number of para-hydroxylation sites is 1. The minimum atomic E-state index is -0.0425. The largest absolute Gasteiger partial charge is 0.311 e. The van der Waals surface area contributed by atoms with Crippen molar-refractivity contribution in [3.63, 3.8) is 0 Å². The Morgan fingerprint density at radius 2 is 1.94 bits per heavy atom. The van der Waals surface area contributed by atoms with Gasteiger partial charge in [-0.05, 0) is 62.1 Å². The number of thioether (sulfide) groups is 1. The van der Waals surface area contributed by atoms with E-state index in [-0.39, 0.29) is 18.1 Å². The molecule has 0 N–H and O–H groups in total. The lowest BCUT2D eigenvalue weighted by atomic mass is 10.1. The number of rotatable bonds is 8. The second kappa shape index (κ2) is 9.36. The molecule has 1 aliphatic rings. The fraction of sp³-hybridized carbons (Fsp3) is 0.333. The molecule has 1 fully saturated rings. The number of carbonyl (C=O) groups is 1. The van der Waals surface area contributed by atoms with E-state index in [9.17, 15) is 4.79 Å². The molecule has 0 bridgehead atoms. The standard InChI is InChI=1S/C24H25N5OS/c1-17-9-12-21(15-18(17)2)28(14-6-13-25)22(30)16-31-24-27-26-23(19-10-11-19)29(24)20-7-4-3-5-8-20/h3-5,7-9,12,15,19H,6,10-11,14,16H2,1-2H3. The summed E-state index contributed by atoms with van der Waals surface area (Å²) in [5.74, 6) is 1.60. The van der Waals surface area contributed by atoms with Gasteiger partial charge in [-0.25, -0.2) is 0 Å². The van der Waals surface area contributed by atoms with Gasteiger partial charge < -0.3 is 4.90 Å². The third-order valence-electron chi connectivity index (χ3n) is 5.49. The van der Waals surface area contributed by atoms with E-state index < -0.39 is 0 Å². The van der Waals surface area contributed by atoms with E-state index >= 15 is 0 Å². The molecule has 1 saturated carbocycles. The smallest absolute Gasteiger partial charge is 0.237 e. The fourth-order valence-corrected chi connectivity index (χ4v) is 4.29. The minimum absolute atomic E-state index is 0.0425. The molecule has 0 spiro atoms. The third kappa shape index (κ3) is 4.80. The van der Waals surface area contributed by atoms with Crippen molar-refractivity contribution in [2.75, 3.05) is 17.2 Å². The second-order valence-corrected chi connectivity index (χ2v) is 8.74. The van der Waals surface area contributed by atoms with Gasteiger partial charge in [-0.15, -0.1) is 10.2 Å². The molecule has 0 atom stereocenters. The van der Waals surface area contributed by atoms with Crippen LogP contribution in [0.3, 0.4) is 0 Å². The van der Waals surface area contributed by atoms with Crippen molar-refractivity contribution in [1.29, 1.82) is 5.26 Å². The number of hydrogen-bond donors (Lipinski definition) is 0. The van der Waals surface area contributed by atoms with Crippen molar-refractivity contribution in [1.82, 2.24) is 14.8 Å². The number of carbonyl (C=O) groups excluding carboxylic acids is 1. The molecule has 1 heterocycles. The average Bonchev–Trinajstić information content (AvgIpc) is 3.54. The highest BCUT2D eigenvalue weighted by atomic mass is 32.2. The minimum Gasteiger partial charge on any atom is -0.311 e. The number of nitriles is 1. The maximum atomic E-state index is 13.2. The van der Waals surface area contributed by atoms with Crippen molar-refractivity contribution in [2.24, 2.45) is 0 Å². The highest BCUT2D eigenvalue weighted by Gasteiger charge is 2.31. The summed E-state index contributed by atoms with van der Waals surface area (Å²) in [6.07, 6.45) is 2.54. The van der Waals surface area contributed by atoms with E-state index in [0.717, 1.165) is 40.8 Å². The molecular weight excluding hydrogens is 406 g/mol. The van der Waals surface area contributed by atoms with E-state index in [1.807, 2.05) is 62.4 Å². The average molecular weight is 432 g/mol. The molecule has 158 valence electrons. The van der Waals surface area contributed by atoms with E-state index in [1.165, 1.54) is 17.3 Å². The number of aryl methyl sites for hydroxylation is 2. The van der Waals surface area contributed by atoms with Gasteiger partial charge in [0, 0.05) is 23.8 Å². The molecule has 6 nitrogen and oxygen atoms in total. The number of aromatic nitrogens is 3. The summed E-state index contributed by atoms with van der Waals surface area (Å²) in [5.41, 5.74) is 4.14. The molecular formula is C24H25N5OS. The molecule has 2 aromatic carbocycles. The van der Waals surface area contributed by atoms with E-state index in [0.29, 0.717) is 12.5 Å². The Kier molecular flexibility index (Phi) is 6.38. The first-order valence-electron chi connectivity index (χ1n) is 10.5. The SMILES string of the molecule is Cc1ccc(N(CCC#N)C(=O)CSc2nnc(C3CC3)n2-c2ccccc2)cc1C. The Labute approximate surface area is 186 Å². The predicted octanol–water partition coefficient (Wildman–Crippen LogP) is 4.80. The summed E-state index contributed by atoms with van der Waals surface area (Å²) in [6, 6.07) is 18.2. The van der Waals surface area contributed by atoms with Crippen LogP contribution in [0.5, 0.6) is 0 Å². The molecule has 7 heteroatoms. The van der Waals surface area contributed by atoms with Crippen LogP contribution >= 0.6 is 11.8 Å². The topological polar surface area (TPSA) is 74.8 Å². The molecule has 1 amide bonds. The third-order valence-corrected chi connectivity index (χ3v) is 6.40. The molecule has 0 unspecified atom stereocenters. The molecule has 31 heavy (non-hydrogen) atoms. The quantitative estimate of drug-likeness (QED) is 0.479. The molecule has 4 rings (SSSR count). The zero-order valence-corrected chi connectivity index (χ0v) is 18.6. The number of benzene rings is 2. The van der Waals surface area contributed by atoms with E-state index in [2.05, 4.69) is 20.8 Å². The number of anilines is 1. The molecule has 0 aliphatic heterocycles. The van der Waals surface area contributed by atoms with Gasteiger partial charge in [-0.2, -0.15) is 5.26 Å². The van der Waals surface area contributed by atoms with Gasteiger partial charge in [0.25, 0.3) is 0 Å². The Bertz CT molecular complexity index is 1110. The van der Waals surface area contributed by atoms with Crippen LogP contribution in [-0.2, 0) is 4.79 Å². The van der Waals surface area contributed by atoms with Crippen LogP contribution in [-0.4, -0.2) is 33.0 Å². The van der Waals surface area contributed by atoms with Crippen LogP contribution < -0.4 is 4.90 Å². The van der Waals surface area contributed by atoms with Gasteiger partial charge in [0.15, 0.2) is 5.16 Å². The van der Waals surface area contributed by atoms with Gasteiger partial charge in [0.2, 0.25) is 5.91 Å². The summed E-state index contributed by atoms with van der Waals surface area (Å²) in [5, 5.41) is 18.6. The highest BCUT2D eigenvalue weighted by molar-refractivity contribution is 7.99. The highest BCUT2D eigenvalue weighted by Crippen LogP contribution is 2.41. The Morgan fingerprint density at radius 3 is 2.61 bits per heavy atom. The maximum absolute atomic E-state index is 13.2. The first kappa shape index (κ1) is 21.1. The zero-order chi connectivity index (χ0) is 21.8. The van der Waals surface area contributed by atoms with Crippen LogP contribution in [0.25, 0.3) is 5.69 Å². The predicted molar refractivity (Wildman–Crippen MR) is 123 cm³/mol. The Hall–Kier alpha value is -3.11. The van der Waals surface area contributed by atoms with Crippen LogP contribution in [0.15, 0.2) is 53.7 Å². The number of amides is 1. The van der Waals surface area contributed by atoms with Gasteiger partial charge in [0.05, 0.1) is 18.2 Å². The Morgan fingerprint density at radius 1 is 1.16 bits per heavy atom. The Balaban J connectivity index is 1.55. The summed E-state index contributed by atoms with van der Waals surface area (Å²) >= 11 is 1.40. The molecule has 0 saturated heterocycles. The van der Waals surface area contributed by atoms with Crippen LogP contribution in [0, 0.1) is 25.2 Å². The van der Waals surface area contributed by atoms with Crippen molar-refractivity contribution >= 4 is 23.4 Å². The number of nitrogens with zero attached hydrogens (tertiary/aromatic N) is 5. The molecule has 0 radical (unpaired) electrons. The van der Waals surface area contributed by atoms with Crippen LogP contribution in [0.4, 0.5) is 5.69 Å². The monoisotopic (exact) mass is 431 g/mol. The lowest BCUT2D eigenvalue weighted by molar-refractivity contribution is -0.116. The van der Waals surface area contributed by atoms with Gasteiger partial charge in [-0.3, -0.25) is 9.36 Å². The van der Waals surface area contributed by atoms with E-state index in [1.54, 1.807) is 4.90 Å². The first-order chi connectivity index (χ1) is 15.1. The summed E-state index contributed by atoms with van der Waals surface area (Å²) in [7, 11) is 0. The summed E-state index contributed by atoms with van der Waals surface area (Å²) in [4.78, 5) is 14.9. The van der Waals surface area contributed by atoms with Crippen molar-refractivity contribution in [3.8, 4) is 11.8 Å². The van der Waals surface area contributed by atoms with Gasteiger partial charge in [0.1, 0.15) is 5.82 Å². The summed E-state index contributed by atoms with van der Waals surface area (Å²) in [6.45, 7) is 4.45. The first-order valence-corrected chi connectivity index (χ1v) is 11.4. The maximum Gasteiger partial charge on any atom is 0.237 e. The molecule has 3 aromatic rings. The number of hydrogen-bond acceptors (Lipinski definition) is 5. The van der Waals surface area contributed by atoms with Gasteiger partial charge in [-0.1, -0.05) is 36.0 Å². The fourth-order valence-electron chi connectivity index (χ4n) is 3.46. The molecule has 1 aromatic heterocycles. The summed E-state index contributed by atoms with van der Waals surface area (Å²) < 4.78 is 2.07. The van der Waals surface area contributed by atoms with Gasteiger partial charge >= 0.3 is 0 Å². The zero-order valence-electron chi connectivity index (χ0n) is 17.8. The lowest BCUT2D eigenvalue weighted by Gasteiger charge is -2.22. The van der Waals surface area contributed by atoms with E-state index in [4.69, 9.17) is 5.26 Å². The van der Waals surface area contributed by atoms with Crippen LogP contribution in [0.2, 0.25) is 0 Å². The lowest BCUT2D eigenvalue weighted by Crippen LogP contribution is -2.33. The normalized spacial score (nSPS) is 13.1.